The van der Waals surface area contributed by atoms with E-state index in [0.717, 1.165) is 19.3 Å². The fourth-order valence-corrected chi connectivity index (χ4v) is 8.46. The molecule has 4 aromatic carbocycles. The van der Waals surface area contributed by atoms with Gasteiger partial charge in [-0.3, -0.25) is 0 Å². The smallest absolute Gasteiger partial charge is 0.200 e. The fourth-order valence-electron chi connectivity index (χ4n) is 7.09. The number of hydrogen-bond donors (Lipinski definition) is 0. The van der Waals surface area contributed by atoms with E-state index in [9.17, 15) is 1.37 Å². The molecule has 42 heavy (non-hydrogen) atoms. The number of rotatable bonds is 3. The molecule has 0 saturated heterocycles. The van der Waals surface area contributed by atoms with Crippen molar-refractivity contribution in [1.29, 1.82) is 0 Å². The molecule has 0 N–H and O–H groups in total. The fraction of sp³-hybridized carbons (Fsp3) is 0.425. The van der Waals surface area contributed by atoms with Crippen LogP contribution in [0.5, 0.6) is 0 Å². The number of benzene rings is 4. The Balaban J connectivity index is 1.76. The standard InChI is InChI=1S/C40H48NS/c1-24-30-19-25(21-38(2,3)4)15-16-28(30)31(23-40(8,9)10)37-33(24)36-35-29(17-18-41(36)11)34-26(20-32(35)42-37)13-12-14-27(34)22-39(5,6)7/h12-20H,21-23H2,1-11H3/q+1/i18D. The van der Waals surface area contributed by atoms with Crippen molar-refractivity contribution < 1.29 is 5.94 Å². The normalized spacial score (nSPS) is 14.1. The van der Waals surface area contributed by atoms with Crippen LogP contribution in [-0.2, 0) is 26.3 Å². The maximum atomic E-state index is 9.23. The first-order chi connectivity index (χ1) is 19.9. The van der Waals surface area contributed by atoms with Gasteiger partial charge in [0.15, 0.2) is 6.17 Å². The molecule has 0 aliphatic carbocycles. The highest BCUT2D eigenvalue weighted by molar-refractivity contribution is 8.00. The molecule has 0 amide bonds. The summed E-state index contributed by atoms with van der Waals surface area (Å²) in [4.78, 5) is 2.69. The molecule has 0 unspecified atom stereocenters. The van der Waals surface area contributed by atoms with Crippen molar-refractivity contribution in [2.24, 2.45) is 23.3 Å². The van der Waals surface area contributed by atoms with Crippen LogP contribution in [-0.4, -0.2) is 0 Å². The van der Waals surface area contributed by atoms with Crippen LogP contribution in [0.25, 0.3) is 43.6 Å². The molecule has 2 heterocycles. The van der Waals surface area contributed by atoms with Gasteiger partial charge in [0, 0.05) is 21.2 Å². The van der Waals surface area contributed by atoms with Gasteiger partial charge in [-0.25, -0.2) is 4.57 Å². The van der Waals surface area contributed by atoms with Crippen LogP contribution < -0.4 is 4.57 Å². The first-order valence-electron chi connectivity index (χ1n) is 16.1. The minimum Gasteiger partial charge on any atom is -0.200 e. The maximum absolute atomic E-state index is 9.23. The van der Waals surface area contributed by atoms with Crippen LogP contribution in [0.3, 0.4) is 0 Å². The Bertz CT molecular complexity index is 1940. The summed E-state index contributed by atoms with van der Waals surface area (Å²) < 4.78 is 11.4. The highest BCUT2D eigenvalue weighted by Gasteiger charge is 2.34. The van der Waals surface area contributed by atoms with Gasteiger partial charge in [-0.15, -0.1) is 0 Å². The van der Waals surface area contributed by atoms with Crippen LogP contribution in [0.4, 0.5) is 0 Å². The van der Waals surface area contributed by atoms with E-state index in [0.29, 0.717) is 6.17 Å². The van der Waals surface area contributed by atoms with E-state index in [-0.39, 0.29) is 16.2 Å². The Morgan fingerprint density at radius 3 is 2.10 bits per heavy atom. The molecule has 2 heteroatoms. The highest BCUT2D eigenvalue weighted by atomic mass is 32.2. The van der Waals surface area contributed by atoms with Gasteiger partial charge in [0.25, 0.3) is 0 Å². The van der Waals surface area contributed by atoms with Gasteiger partial charge in [0.2, 0.25) is 5.69 Å². The predicted octanol–water partition coefficient (Wildman–Crippen LogP) is 11.2. The SMILES string of the molecule is [2H]c1cc2c3c(cc4cccc(CC(C)(C)C)c42)Sc2c(c(C)c4cc(CC(C)(C)C)ccc4c2CC(C)(C)C)-c3[n+]1C. The average molecular weight is 576 g/mol. The summed E-state index contributed by atoms with van der Waals surface area (Å²) >= 11 is 1.96. The second-order valence-corrected chi connectivity index (χ2v) is 17.4. The number of aromatic nitrogens is 1. The number of hydrogen-bond acceptors (Lipinski definition) is 1. The first kappa shape index (κ1) is 28.0. The van der Waals surface area contributed by atoms with E-state index in [1.54, 1.807) is 0 Å². The van der Waals surface area contributed by atoms with Crippen molar-refractivity contribution in [3.05, 3.63) is 77.0 Å². The molecule has 0 atom stereocenters. The van der Waals surface area contributed by atoms with Crippen molar-refractivity contribution in [2.75, 3.05) is 0 Å². The zero-order valence-corrected chi connectivity index (χ0v) is 28.4. The second kappa shape index (κ2) is 9.84. The van der Waals surface area contributed by atoms with Gasteiger partial charge in [-0.2, -0.15) is 0 Å². The summed E-state index contributed by atoms with van der Waals surface area (Å²) in [5.41, 5.74) is 8.63. The van der Waals surface area contributed by atoms with Crippen molar-refractivity contribution in [3.63, 3.8) is 0 Å². The van der Waals surface area contributed by atoms with Gasteiger partial charge in [-0.05, 0) is 92.3 Å². The summed E-state index contributed by atoms with van der Waals surface area (Å²) in [5, 5.41) is 7.87. The molecule has 1 nitrogen and oxygen atoms in total. The maximum Gasteiger partial charge on any atom is 0.222 e. The summed E-state index contributed by atoms with van der Waals surface area (Å²) in [7, 11) is 2.09. The molecule has 218 valence electrons. The van der Waals surface area contributed by atoms with Crippen molar-refractivity contribution in [3.8, 4) is 11.3 Å². The second-order valence-electron chi connectivity index (χ2n) is 16.4. The molecular weight excluding hydrogens is 527 g/mol. The Labute approximate surface area is 259 Å². The third-order valence-corrected chi connectivity index (χ3v) is 9.73. The lowest BCUT2D eigenvalue weighted by Crippen LogP contribution is -2.32. The van der Waals surface area contributed by atoms with E-state index in [2.05, 4.69) is 129 Å². The topological polar surface area (TPSA) is 3.88 Å². The third-order valence-electron chi connectivity index (χ3n) is 8.53. The molecule has 0 spiro atoms. The van der Waals surface area contributed by atoms with Crippen molar-refractivity contribution in [2.45, 2.75) is 98.3 Å². The monoisotopic (exact) mass is 575 g/mol. The summed E-state index contributed by atoms with van der Waals surface area (Å²) in [5.74, 6) is 0. The van der Waals surface area contributed by atoms with Gasteiger partial charge < -0.3 is 0 Å². The van der Waals surface area contributed by atoms with Crippen LogP contribution in [0.15, 0.2) is 64.5 Å². The van der Waals surface area contributed by atoms with Crippen LogP contribution in [0.2, 0.25) is 0 Å². The number of nitrogens with zero attached hydrogens (tertiary/aromatic N) is 1. The minimum atomic E-state index is 0.140. The lowest BCUT2D eigenvalue weighted by molar-refractivity contribution is -0.659. The lowest BCUT2D eigenvalue weighted by atomic mass is 9.81. The van der Waals surface area contributed by atoms with Crippen LogP contribution in [0, 0.1) is 23.2 Å². The predicted molar refractivity (Wildman–Crippen MR) is 184 cm³/mol. The molecular formula is C40H48NS+. The molecule has 0 fully saturated rings. The minimum absolute atomic E-state index is 0.140. The first-order valence-corrected chi connectivity index (χ1v) is 16.4. The molecule has 0 saturated carbocycles. The average Bonchev–Trinajstić information content (AvgIpc) is 2.86. The molecule has 1 aromatic heterocycles. The van der Waals surface area contributed by atoms with Gasteiger partial charge in [0.1, 0.15) is 8.42 Å². The molecule has 5 aromatic rings. The van der Waals surface area contributed by atoms with Crippen LogP contribution >= 0.6 is 11.8 Å². The highest BCUT2D eigenvalue weighted by Crippen LogP contribution is 2.54. The molecule has 1 aliphatic heterocycles. The van der Waals surface area contributed by atoms with Crippen LogP contribution in [0.1, 0.15) is 85.9 Å². The molecule has 6 rings (SSSR count). The Morgan fingerprint density at radius 1 is 0.738 bits per heavy atom. The zero-order valence-electron chi connectivity index (χ0n) is 28.6. The van der Waals surface area contributed by atoms with Crippen molar-refractivity contribution in [1.82, 2.24) is 0 Å². The number of fused-ring (bicyclic) bond motifs is 5. The lowest BCUT2D eigenvalue weighted by Gasteiger charge is -2.29. The Hall–Kier alpha value is -2.84. The quantitative estimate of drug-likeness (QED) is 0.150. The van der Waals surface area contributed by atoms with Gasteiger partial charge in [-0.1, -0.05) is 110 Å². The summed E-state index contributed by atoms with van der Waals surface area (Å²) in [6.45, 7) is 23.3. The third kappa shape index (κ3) is 5.25. The van der Waals surface area contributed by atoms with Crippen molar-refractivity contribution >= 4 is 44.1 Å². The zero-order chi connectivity index (χ0) is 31.2. The van der Waals surface area contributed by atoms with Gasteiger partial charge in [0.05, 0.1) is 10.9 Å². The summed E-state index contributed by atoms with van der Waals surface area (Å²) in [6.07, 6.45) is 3.61. The largest absolute Gasteiger partial charge is 0.222 e. The Morgan fingerprint density at radius 2 is 1.43 bits per heavy atom. The number of pyridine rings is 1. The van der Waals surface area contributed by atoms with Gasteiger partial charge >= 0.3 is 0 Å². The molecule has 1 aliphatic rings. The number of aryl methyl sites for hydroxylation is 1. The Kier molecular flexibility index (Phi) is 6.55. The van der Waals surface area contributed by atoms with E-state index in [1.165, 1.54) is 75.6 Å². The molecule has 0 radical (unpaired) electrons. The van der Waals surface area contributed by atoms with E-state index in [4.69, 9.17) is 0 Å². The van der Waals surface area contributed by atoms with E-state index >= 15 is 0 Å². The summed E-state index contributed by atoms with van der Waals surface area (Å²) in [6, 6.07) is 18.6. The van der Waals surface area contributed by atoms with E-state index < -0.39 is 0 Å². The van der Waals surface area contributed by atoms with E-state index in [1.807, 2.05) is 11.8 Å². The molecule has 0 bridgehead atoms.